The first-order valence-electron chi connectivity index (χ1n) is 10.1. The van der Waals surface area contributed by atoms with Crippen LogP contribution in [0.1, 0.15) is 71.6 Å². The second kappa shape index (κ2) is 9.17. The van der Waals surface area contributed by atoms with Gasteiger partial charge < -0.3 is 0 Å². The summed E-state index contributed by atoms with van der Waals surface area (Å²) < 4.78 is 0. The summed E-state index contributed by atoms with van der Waals surface area (Å²) in [6.07, 6.45) is 17.7. The Labute approximate surface area is 158 Å². The fraction of sp³-hybridized carbons (Fsp3) is 0.583. The molecular weight excluding hydrogens is 320 g/mol. The molecule has 2 aliphatic carbocycles. The fourth-order valence-electron chi connectivity index (χ4n) is 4.53. The number of unbranched alkanes of at least 4 members (excludes halogenated alkanes) is 3. The second-order valence-electron chi connectivity index (χ2n) is 7.90. The van der Waals surface area contributed by atoms with Gasteiger partial charge in [-0.1, -0.05) is 57.3 Å². The van der Waals surface area contributed by atoms with Crippen LogP contribution in [0.5, 0.6) is 0 Å². The van der Waals surface area contributed by atoms with Crippen molar-refractivity contribution in [3.8, 4) is 11.8 Å². The lowest BCUT2D eigenvalue weighted by molar-refractivity contribution is -0.125. The number of rotatable bonds is 8. The molecular formula is C24H32O2. The lowest BCUT2D eigenvalue weighted by atomic mass is 9.68. The van der Waals surface area contributed by atoms with Gasteiger partial charge in [-0.15, -0.1) is 6.58 Å². The minimum Gasteiger partial charge on any atom is -0.290 e. The maximum absolute atomic E-state index is 13.3. The van der Waals surface area contributed by atoms with E-state index in [1.54, 1.807) is 12.2 Å². The van der Waals surface area contributed by atoms with E-state index in [2.05, 4.69) is 32.3 Å². The molecule has 0 unspecified atom stereocenters. The zero-order chi connectivity index (χ0) is 19.0. The molecule has 0 heterocycles. The van der Waals surface area contributed by atoms with Crippen molar-refractivity contribution in [2.45, 2.75) is 71.6 Å². The largest absolute Gasteiger partial charge is 0.290 e. The van der Waals surface area contributed by atoms with Crippen LogP contribution < -0.4 is 0 Å². The monoisotopic (exact) mass is 352 g/mol. The lowest BCUT2D eigenvalue weighted by Crippen LogP contribution is -2.34. The number of ketones is 2. The Bertz CT molecular complexity index is 639. The first kappa shape index (κ1) is 20.4. The molecule has 1 fully saturated rings. The van der Waals surface area contributed by atoms with Gasteiger partial charge in [-0.2, -0.15) is 0 Å². The quantitative estimate of drug-likeness (QED) is 0.247. The third-order valence-corrected chi connectivity index (χ3v) is 5.95. The predicted octanol–water partition coefficient (Wildman–Crippen LogP) is 5.59. The molecule has 2 aliphatic rings. The van der Waals surface area contributed by atoms with Crippen LogP contribution in [0.3, 0.4) is 0 Å². The Morgan fingerprint density at radius 3 is 2.58 bits per heavy atom. The van der Waals surface area contributed by atoms with Crippen molar-refractivity contribution < 1.29 is 9.59 Å². The Hall–Kier alpha value is -1.88. The van der Waals surface area contributed by atoms with Crippen molar-refractivity contribution in [3.05, 3.63) is 37.0 Å². The topological polar surface area (TPSA) is 34.1 Å². The van der Waals surface area contributed by atoms with E-state index in [0.29, 0.717) is 0 Å². The zero-order valence-corrected chi connectivity index (χ0v) is 16.4. The Kier molecular flexibility index (Phi) is 7.21. The Balaban J connectivity index is 2.35. The van der Waals surface area contributed by atoms with Crippen LogP contribution >= 0.6 is 0 Å². The molecule has 0 saturated heterocycles. The smallest absolute Gasteiger partial charge is 0.211 e. The van der Waals surface area contributed by atoms with Gasteiger partial charge in [0.25, 0.3) is 0 Å². The SMILES string of the molecule is C=CC[C@H]1CC2(C=CC(=O)C=C2)C[C@@]1(CCCC)C(=O)C#CCCCC. The van der Waals surface area contributed by atoms with E-state index >= 15 is 0 Å². The molecule has 2 rings (SSSR count). The van der Waals surface area contributed by atoms with E-state index in [0.717, 1.165) is 57.8 Å². The number of hydrogen-bond acceptors (Lipinski definition) is 2. The Morgan fingerprint density at radius 1 is 1.27 bits per heavy atom. The molecule has 0 radical (unpaired) electrons. The highest BCUT2D eigenvalue weighted by Crippen LogP contribution is 2.59. The normalized spacial score (nSPS) is 25.9. The average Bonchev–Trinajstić information content (AvgIpc) is 2.94. The van der Waals surface area contributed by atoms with E-state index < -0.39 is 5.41 Å². The Morgan fingerprint density at radius 2 is 1.96 bits per heavy atom. The summed E-state index contributed by atoms with van der Waals surface area (Å²) in [6.45, 7) is 8.22. The van der Waals surface area contributed by atoms with Crippen molar-refractivity contribution in [2.24, 2.45) is 16.7 Å². The van der Waals surface area contributed by atoms with Crippen LogP contribution in [0.4, 0.5) is 0 Å². The van der Waals surface area contributed by atoms with Gasteiger partial charge in [-0.3, -0.25) is 9.59 Å². The molecule has 0 aromatic rings. The first-order chi connectivity index (χ1) is 12.5. The van der Waals surface area contributed by atoms with E-state index in [1.165, 1.54) is 0 Å². The molecule has 2 nitrogen and oxygen atoms in total. The molecule has 140 valence electrons. The molecule has 0 amide bonds. The highest BCUT2D eigenvalue weighted by molar-refractivity contribution is 6.02. The summed E-state index contributed by atoms with van der Waals surface area (Å²) in [4.78, 5) is 24.9. The summed E-state index contributed by atoms with van der Waals surface area (Å²) in [5.74, 6) is 6.47. The summed E-state index contributed by atoms with van der Waals surface area (Å²) >= 11 is 0. The lowest BCUT2D eigenvalue weighted by Gasteiger charge is -2.33. The van der Waals surface area contributed by atoms with Crippen molar-refractivity contribution in [3.63, 3.8) is 0 Å². The van der Waals surface area contributed by atoms with Crippen molar-refractivity contribution in [1.29, 1.82) is 0 Å². The third kappa shape index (κ3) is 4.44. The first-order valence-corrected chi connectivity index (χ1v) is 10.1. The van der Waals surface area contributed by atoms with Crippen molar-refractivity contribution >= 4 is 11.6 Å². The van der Waals surface area contributed by atoms with Gasteiger partial charge in [-0.25, -0.2) is 0 Å². The van der Waals surface area contributed by atoms with Gasteiger partial charge in [0.2, 0.25) is 5.78 Å². The van der Waals surface area contributed by atoms with E-state index in [9.17, 15) is 9.59 Å². The van der Waals surface area contributed by atoms with Crippen LogP contribution in [-0.2, 0) is 9.59 Å². The standard InChI is InChI=1S/C24H32O2/c1-4-7-9-10-12-22(26)24(15-8-5-2)19-23(18-20(24)11-6-3)16-13-21(25)14-17-23/h6,13-14,16-17,20H,3-5,7-9,11,15,18-19H2,1-2H3/t20-,24+/m0/s1. The van der Waals surface area contributed by atoms with Gasteiger partial charge in [0, 0.05) is 17.3 Å². The second-order valence-corrected chi connectivity index (χ2v) is 7.90. The van der Waals surface area contributed by atoms with Crippen molar-refractivity contribution in [2.75, 3.05) is 0 Å². The number of allylic oxidation sites excluding steroid dienone is 5. The molecule has 0 aromatic carbocycles. The van der Waals surface area contributed by atoms with E-state index in [1.807, 2.05) is 18.2 Å². The fourth-order valence-corrected chi connectivity index (χ4v) is 4.53. The maximum atomic E-state index is 13.3. The molecule has 1 spiro atoms. The minimum absolute atomic E-state index is 0.0348. The van der Waals surface area contributed by atoms with Gasteiger partial charge in [0.1, 0.15) is 0 Å². The number of Topliss-reactive ketones (excluding diaryl/α,β-unsaturated/α-hetero) is 1. The van der Waals surface area contributed by atoms with Crippen LogP contribution in [0.2, 0.25) is 0 Å². The van der Waals surface area contributed by atoms with Crippen molar-refractivity contribution in [1.82, 2.24) is 0 Å². The predicted molar refractivity (Wildman–Crippen MR) is 108 cm³/mol. The summed E-state index contributed by atoms with van der Waals surface area (Å²) in [5.41, 5.74) is -0.603. The van der Waals surface area contributed by atoms with E-state index in [4.69, 9.17) is 0 Å². The maximum Gasteiger partial charge on any atom is 0.211 e. The van der Waals surface area contributed by atoms with E-state index in [-0.39, 0.29) is 22.9 Å². The summed E-state index contributed by atoms with van der Waals surface area (Å²) in [7, 11) is 0. The highest BCUT2D eigenvalue weighted by atomic mass is 16.1. The molecule has 0 aliphatic heterocycles. The minimum atomic E-state index is -0.418. The van der Waals surface area contributed by atoms with Crippen LogP contribution in [0, 0.1) is 28.6 Å². The summed E-state index contributed by atoms with van der Waals surface area (Å²) in [6, 6.07) is 0. The number of hydrogen-bond donors (Lipinski definition) is 0. The van der Waals surface area contributed by atoms with Gasteiger partial charge in [0.15, 0.2) is 5.78 Å². The van der Waals surface area contributed by atoms with Gasteiger partial charge in [0.05, 0.1) is 0 Å². The molecule has 0 N–H and O–H groups in total. The average molecular weight is 353 g/mol. The molecule has 0 aromatic heterocycles. The van der Waals surface area contributed by atoms with Gasteiger partial charge in [-0.05, 0) is 56.1 Å². The molecule has 26 heavy (non-hydrogen) atoms. The zero-order valence-electron chi connectivity index (χ0n) is 16.4. The molecule has 1 saturated carbocycles. The van der Waals surface area contributed by atoms with Crippen LogP contribution in [-0.4, -0.2) is 11.6 Å². The van der Waals surface area contributed by atoms with Crippen LogP contribution in [0.25, 0.3) is 0 Å². The molecule has 0 bridgehead atoms. The van der Waals surface area contributed by atoms with Crippen LogP contribution in [0.15, 0.2) is 37.0 Å². The third-order valence-electron chi connectivity index (χ3n) is 5.95. The summed E-state index contributed by atoms with van der Waals surface area (Å²) in [5, 5.41) is 0. The molecule has 2 heteroatoms. The van der Waals surface area contributed by atoms with Gasteiger partial charge >= 0.3 is 0 Å². The molecule has 2 atom stereocenters. The number of carbonyl (C=O) groups is 2. The highest BCUT2D eigenvalue weighted by Gasteiger charge is 2.55. The number of carbonyl (C=O) groups excluding carboxylic acids is 2.